The number of benzene rings is 1. The van der Waals surface area contributed by atoms with Crippen LogP contribution in [0, 0.1) is 0 Å². The van der Waals surface area contributed by atoms with Crippen molar-refractivity contribution in [3.8, 4) is 5.75 Å². The van der Waals surface area contributed by atoms with Crippen LogP contribution in [0.4, 0.5) is 5.69 Å². The zero-order valence-electron chi connectivity index (χ0n) is 12.8. The van der Waals surface area contributed by atoms with Gasteiger partial charge < -0.3 is 15.4 Å². The van der Waals surface area contributed by atoms with E-state index in [1.807, 2.05) is 11.8 Å². The molecule has 0 atom stereocenters. The van der Waals surface area contributed by atoms with E-state index in [1.54, 1.807) is 18.2 Å². The number of hydrogen-bond acceptors (Lipinski definition) is 3. The van der Waals surface area contributed by atoms with Gasteiger partial charge >= 0.3 is 0 Å². The fraction of sp³-hybridized carbons (Fsp3) is 0.562. The lowest BCUT2D eigenvalue weighted by Crippen LogP contribution is -2.32. The van der Waals surface area contributed by atoms with Crippen molar-refractivity contribution in [1.29, 1.82) is 0 Å². The molecule has 0 unspecified atom stereocenters. The maximum atomic E-state index is 12.4. The van der Waals surface area contributed by atoms with Crippen molar-refractivity contribution in [3.63, 3.8) is 0 Å². The summed E-state index contributed by atoms with van der Waals surface area (Å²) < 4.78 is 5.53. The van der Waals surface area contributed by atoms with Gasteiger partial charge in [-0.15, -0.1) is 0 Å². The van der Waals surface area contributed by atoms with E-state index in [0.29, 0.717) is 23.6 Å². The van der Waals surface area contributed by atoms with Crippen molar-refractivity contribution < 1.29 is 9.53 Å². The zero-order valence-corrected chi connectivity index (χ0v) is 12.8. The summed E-state index contributed by atoms with van der Waals surface area (Å²) in [5.41, 5.74) is 7.11. The number of carbonyl (C=O) groups is 1. The maximum absolute atomic E-state index is 12.4. The molecule has 0 saturated heterocycles. The number of amides is 1. The SMILES string of the molecule is CCCOc1ccc(C(=O)N(CCC)CCC)cc1N. The first-order valence-electron chi connectivity index (χ1n) is 7.45. The molecule has 112 valence electrons. The normalized spacial score (nSPS) is 10.3. The molecule has 0 aliphatic rings. The molecule has 1 aromatic carbocycles. The second-order valence-electron chi connectivity index (χ2n) is 4.89. The van der Waals surface area contributed by atoms with Crippen LogP contribution in [0.3, 0.4) is 0 Å². The molecule has 0 spiro atoms. The summed E-state index contributed by atoms with van der Waals surface area (Å²) in [5, 5.41) is 0. The summed E-state index contributed by atoms with van der Waals surface area (Å²) >= 11 is 0. The monoisotopic (exact) mass is 278 g/mol. The fourth-order valence-electron chi connectivity index (χ4n) is 2.06. The summed E-state index contributed by atoms with van der Waals surface area (Å²) in [6, 6.07) is 5.29. The van der Waals surface area contributed by atoms with Gasteiger partial charge in [-0.05, 0) is 37.5 Å². The van der Waals surface area contributed by atoms with E-state index < -0.39 is 0 Å². The first kappa shape index (κ1) is 16.3. The van der Waals surface area contributed by atoms with Crippen molar-refractivity contribution in [1.82, 2.24) is 4.90 Å². The zero-order chi connectivity index (χ0) is 15.0. The molecule has 0 heterocycles. The lowest BCUT2D eigenvalue weighted by atomic mass is 10.1. The van der Waals surface area contributed by atoms with Gasteiger partial charge in [-0.3, -0.25) is 4.79 Å². The Labute approximate surface area is 121 Å². The Morgan fingerprint density at radius 1 is 1.15 bits per heavy atom. The van der Waals surface area contributed by atoms with Gasteiger partial charge in [0.25, 0.3) is 5.91 Å². The van der Waals surface area contributed by atoms with Gasteiger partial charge in [-0.2, -0.15) is 0 Å². The number of nitrogen functional groups attached to an aromatic ring is 1. The number of carbonyl (C=O) groups excluding carboxylic acids is 1. The molecule has 0 aliphatic heterocycles. The minimum atomic E-state index is 0.0439. The number of anilines is 1. The summed E-state index contributed by atoms with van der Waals surface area (Å²) in [5.74, 6) is 0.698. The van der Waals surface area contributed by atoms with Crippen LogP contribution in [0.25, 0.3) is 0 Å². The highest BCUT2D eigenvalue weighted by molar-refractivity contribution is 5.95. The molecule has 0 aromatic heterocycles. The van der Waals surface area contributed by atoms with Crippen molar-refractivity contribution in [3.05, 3.63) is 23.8 Å². The lowest BCUT2D eigenvalue weighted by Gasteiger charge is -2.22. The molecule has 0 aliphatic carbocycles. The van der Waals surface area contributed by atoms with Gasteiger partial charge in [0.2, 0.25) is 0 Å². The Bertz CT molecular complexity index is 426. The van der Waals surface area contributed by atoms with E-state index in [9.17, 15) is 4.79 Å². The van der Waals surface area contributed by atoms with Gasteiger partial charge in [-0.1, -0.05) is 20.8 Å². The highest BCUT2D eigenvalue weighted by atomic mass is 16.5. The fourth-order valence-corrected chi connectivity index (χ4v) is 2.06. The van der Waals surface area contributed by atoms with Gasteiger partial charge in [0.1, 0.15) is 5.75 Å². The third-order valence-electron chi connectivity index (χ3n) is 2.99. The largest absolute Gasteiger partial charge is 0.491 e. The van der Waals surface area contributed by atoms with Crippen molar-refractivity contribution in [2.75, 3.05) is 25.4 Å². The predicted molar refractivity (Wildman–Crippen MR) is 83.1 cm³/mol. The first-order chi connectivity index (χ1) is 9.63. The smallest absolute Gasteiger partial charge is 0.253 e. The van der Waals surface area contributed by atoms with E-state index in [0.717, 1.165) is 32.4 Å². The molecule has 0 radical (unpaired) electrons. The molecule has 1 rings (SSSR count). The molecule has 20 heavy (non-hydrogen) atoms. The molecule has 0 saturated carbocycles. The minimum absolute atomic E-state index is 0.0439. The van der Waals surface area contributed by atoms with E-state index in [1.165, 1.54) is 0 Å². The molecule has 1 aromatic rings. The average Bonchev–Trinajstić information content (AvgIpc) is 2.45. The molecule has 4 nitrogen and oxygen atoms in total. The lowest BCUT2D eigenvalue weighted by molar-refractivity contribution is 0.0755. The number of nitrogens with two attached hydrogens (primary N) is 1. The third-order valence-corrected chi connectivity index (χ3v) is 2.99. The summed E-state index contributed by atoms with van der Waals surface area (Å²) in [4.78, 5) is 14.3. The van der Waals surface area contributed by atoms with Crippen LogP contribution in [0.1, 0.15) is 50.4 Å². The number of hydrogen-bond donors (Lipinski definition) is 1. The van der Waals surface area contributed by atoms with E-state index in [4.69, 9.17) is 10.5 Å². The Hall–Kier alpha value is -1.71. The van der Waals surface area contributed by atoms with Crippen LogP contribution >= 0.6 is 0 Å². The average molecular weight is 278 g/mol. The quantitative estimate of drug-likeness (QED) is 0.742. The molecular weight excluding hydrogens is 252 g/mol. The number of rotatable bonds is 8. The van der Waals surface area contributed by atoms with E-state index in [-0.39, 0.29) is 5.91 Å². The van der Waals surface area contributed by atoms with Gasteiger partial charge in [0.05, 0.1) is 12.3 Å². The maximum Gasteiger partial charge on any atom is 0.253 e. The highest BCUT2D eigenvalue weighted by Gasteiger charge is 2.15. The Morgan fingerprint density at radius 2 is 1.80 bits per heavy atom. The van der Waals surface area contributed by atoms with Crippen LogP contribution in [0.5, 0.6) is 5.75 Å². The first-order valence-corrected chi connectivity index (χ1v) is 7.45. The van der Waals surface area contributed by atoms with Crippen LogP contribution in [0.15, 0.2) is 18.2 Å². The van der Waals surface area contributed by atoms with E-state index in [2.05, 4.69) is 13.8 Å². The molecule has 2 N–H and O–H groups in total. The third kappa shape index (κ3) is 4.44. The summed E-state index contributed by atoms with van der Waals surface area (Å²) in [6.07, 6.45) is 2.85. The molecule has 4 heteroatoms. The molecular formula is C16H26N2O2. The van der Waals surface area contributed by atoms with Crippen molar-refractivity contribution >= 4 is 11.6 Å². The number of nitrogens with zero attached hydrogens (tertiary/aromatic N) is 1. The topological polar surface area (TPSA) is 55.6 Å². The summed E-state index contributed by atoms with van der Waals surface area (Å²) in [6.45, 7) is 8.38. The van der Waals surface area contributed by atoms with Gasteiger partial charge in [0.15, 0.2) is 0 Å². The van der Waals surface area contributed by atoms with Gasteiger partial charge in [0, 0.05) is 18.7 Å². The Morgan fingerprint density at radius 3 is 2.30 bits per heavy atom. The predicted octanol–water partition coefficient (Wildman–Crippen LogP) is 3.32. The van der Waals surface area contributed by atoms with E-state index >= 15 is 0 Å². The standard InChI is InChI=1S/C16H26N2O2/c1-4-9-18(10-5-2)16(19)13-7-8-15(14(17)12-13)20-11-6-3/h7-8,12H,4-6,9-11,17H2,1-3H3. The van der Waals surface area contributed by atoms with Crippen LogP contribution in [0.2, 0.25) is 0 Å². The van der Waals surface area contributed by atoms with Crippen LogP contribution in [-0.2, 0) is 0 Å². The number of ether oxygens (including phenoxy) is 1. The second kappa shape index (κ2) is 8.46. The molecule has 0 bridgehead atoms. The van der Waals surface area contributed by atoms with Crippen LogP contribution in [-0.4, -0.2) is 30.5 Å². The highest BCUT2D eigenvalue weighted by Crippen LogP contribution is 2.23. The minimum Gasteiger partial charge on any atom is -0.491 e. The van der Waals surface area contributed by atoms with Gasteiger partial charge in [-0.25, -0.2) is 0 Å². The van der Waals surface area contributed by atoms with Crippen molar-refractivity contribution in [2.24, 2.45) is 0 Å². The summed E-state index contributed by atoms with van der Waals surface area (Å²) in [7, 11) is 0. The Kier molecular flexibility index (Phi) is 6.91. The molecule has 1 amide bonds. The Balaban J connectivity index is 2.84. The molecule has 0 fully saturated rings. The van der Waals surface area contributed by atoms with Crippen LogP contribution < -0.4 is 10.5 Å². The van der Waals surface area contributed by atoms with Crippen molar-refractivity contribution in [2.45, 2.75) is 40.0 Å². The second-order valence-corrected chi connectivity index (χ2v) is 4.89.